The molecule has 1 aliphatic heterocycles. The van der Waals surface area contributed by atoms with Gasteiger partial charge in [0.15, 0.2) is 0 Å². The fourth-order valence-corrected chi connectivity index (χ4v) is 2.17. The number of thiocarbonyl (C=S) groups is 1. The molecular formula is C13H25N3OS. The molecule has 0 saturated carbocycles. The summed E-state index contributed by atoms with van der Waals surface area (Å²) in [5, 5.41) is 0. The Balaban J connectivity index is 2.64. The molecule has 0 aromatic heterocycles. The maximum Gasteiger partial charge on any atom is 0.235 e. The van der Waals surface area contributed by atoms with Gasteiger partial charge in [-0.1, -0.05) is 12.2 Å². The fraction of sp³-hybridized carbons (Fsp3) is 0.846. The SMILES string of the molecule is CC(C)(C(=O)N1CCN(C(C)(C)C)CC1)C(N)=S. The van der Waals surface area contributed by atoms with Gasteiger partial charge in [-0.05, 0) is 34.6 Å². The van der Waals surface area contributed by atoms with E-state index in [1.54, 1.807) is 13.8 Å². The van der Waals surface area contributed by atoms with E-state index in [4.69, 9.17) is 18.0 Å². The minimum absolute atomic E-state index is 0.0450. The first-order chi connectivity index (χ1) is 8.06. The summed E-state index contributed by atoms with van der Waals surface area (Å²) in [5.74, 6) is 0.0450. The second kappa shape index (κ2) is 5.13. The van der Waals surface area contributed by atoms with Gasteiger partial charge in [-0.3, -0.25) is 9.69 Å². The summed E-state index contributed by atoms with van der Waals surface area (Å²) in [7, 11) is 0. The van der Waals surface area contributed by atoms with Gasteiger partial charge in [-0.2, -0.15) is 0 Å². The number of carbonyl (C=O) groups is 1. The molecule has 1 amide bonds. The van der Waals surface area contributed by atoms with Crippen molar-refractivity contribution < 1.29 is 4.79 Å². The molecule has 1 rings (SSSR count). The Labute approximate surface area is 115 Å². The van der Waals surface area contributed by atoms with Crippen molar-refractivity contribution in [3.63, 3.8) is 0 Å². The van der Waals surface area contributed by atoms with Gasteiger partial charge >= 0.3 is 0 Å². The van der Waals surface area contributed by atoms with E-state index in [2.05, 4.69) is 25.7 Å². The molecule has 104 valence electrons. The van der Waals surface area contributed by atoms with Crippen molar-refractivity contribution in [3.05, 3.63) is 0 Å². The van der Waals surface area contributed by atoms with Gasteiger partial charge in [0.1, 0.15) is 0 Å². The first-order valence-electron chi connectivity index (χ1n) is 6.41. The molecule has 0 unspecified atom stereocenters. The summed E-state index contributed by atoms with van der Waals surface area (Å²) in [5.41, 5.74) is 5.07. The molecule has 0 aliphatic carbocycles. The van der Waals surface area contributed by atoms with E-state index in [9.17, 15) is 4.79 Å². The van der Waals surface area contributed by atoms with E-state index in [-0.39, 0.29) is 16.4 Å². The third-order valence-corrected chi connectivity index (χ3v) is 4.18. The highest BCUT2D eigenvalue weighted by Crippen LogP contribution is 2.22. The Morgan fingerprint density at radius 1 is 1.06 bits per heavy atom. The van der Waals surface area contributed by atoms with Gasteiger partial charge in [0, 0.05) is 31.7 Å². The van der Waals surface area contributed by atoms with Crippen LogP contribution in [0.1, 0.15) is 34.6 Å². The van der Waals surface area contributed by atoms with Crippen LogP contribution < -0.4 is 5.73 Å². The van der Waals surface area contributed by atoms with Gasteiger partial charge in [-0.15, -0.1) is 0 Å². The Kier molecular flexibility index (Phi) is 4.38. The predicted molar refractivity (Wildman–Crippen MR) is 78.5 cm³/mol. The van der Waals surface area contributed by atoms with E-state index in [1.807, 2.05) is 4.90 Å². The van der Waals surface area contributed by atoms with Crippen LogP contribution in [0.5, 0.6) is 0 Å². The van der Waals surface area contributed by atoms with E-state index in [1.165, 1.54) is 0 Å². The minimum Gasteiger partial charge on any atom is -0.392 e. The first kappa shape index (κ1) is 15.4. The van der Waals surface area contributed by atoms with Crippen LogP contribution in [-0.4, -0.2) is 52.4 Å². The quantitative estimate of drug-likeness (QED) is 0.768. The van der Waals surface area contributed by atoms with Crippen LogP contribution in [0.3, 0.4) is 0 Å². The smallest absolute Gasteiger partial charge is 0.235 e. The molecule has 5 heteroatoms. The second-order valence-electron chi connectivity index (χ2n) is 6.44. The Hall–Kier alpha value is -0.680. The highest BCUT2D eigenvalue weighted by atomic mass is 32.1. The van der Waals surface area contributed by atoms with E-state index >= 15 is 0 Å². The van der Waals surface area contributed by atoms with Crippen molar-refractivity contribution in [1.29, 1.82) is 0 Å². The summed E-state index contributed by atoms with van der Waals surface area (Å²) in [4.78, 5) is 16.9. The van der Waals surface area contributed by atoms with Crippen molar-refractivity contribution in [2.75, 3.05) is 26.2 Å². The predicted octanol–water partition coefficient (Wildman–Crippen LogP) is 1.24. The van der Waals surface area contributed by atoms with Crippen LogP contribution in [0.25, 0.3) is 0 Å². The molecule has 1 saturated heterocycles. The number of piperazine rings is 1. The van der Waals surface area contributed by atoms with Gasteiger partial charge in [0.2, 0.25) is 5.91 Å². The average molecular weight is 271 g/mol. The molecule has 0 radical (unpaired) electrons. The zero-order valence-corrected chi connectivity index (χ0v) is 12.9. The van der Waals surface area contributed by atoms with Gasteiger partial charge in [0.05, 0.1) is 10.4 Å². The molecule has 0 aromatic carbocycles. The molecule has 1 heterocycles. The number of hydrogen-bond donors (Lipinski definition) is 1. The number of nitrogens with two attached hydrogens (primary N) is 1. The maximum absolute atomic E-state index is 12.4. The van der Waals surface area contributed by atoms with Crippen LogP contribution in [0.2, 0.25) is 0 Å². The molecule has 0 spiro atoms. The zero-order chi connectivity index (χ0) is 14.1. The number of carbonyl (C=O) groups excluding carboxylic acids is 1. The topological polar surface area (TPSA) is 49.6 Å². The Bertz CT molecular complexity index is 339. The van der Waals surface area contributed by atoms with Crippen molar-refractivity contribution >= 4 is 23.1 Å². The van der Waals surface area contributed by atoms with Crippen molar-refractivity contribution in [3.8, 4) is 0 Å². The number of rotatable bonds is 2. The van der Waals surface area contributed by atoms with Crippen LogP contribution in [0.4, 0.5) is 0 Å². The molecule has 0 atom stereocenters. The summed E-state index contributed by atoms with van der Waals surface area (Å²) < 4.78 is 0. The summed E-state index contributed by atoms with van der Waals surface area (Å²) >= 11 is 4.98. The highest BCUT2D eigenvalue weighted by molar-refractivity contribution is 7.80. The molecule has 18 heavy (non-hydrogen) atoms. The molecule has 4 nitrogen and oxygen atoms in total. The maximum atomic E-state index is 12.4. The summed E-state index contributed by atoms with van der Waals surface area (Å²) in [6.45, 7) is 13.5. The third kappa shape index (κ3) is 3.20. The van der Waals surface area contributed by atoms with Crippen LogP contribution in [0, 0.1) is 5.41 Å². The normalized spacial score (nSPS) is 18.8. The van der Waals surface area contributed by atoms with Gasteiger partial charge in [-0.25, -0.2) is 0 Å². The van der Waals surface area contributed by atoms with Crippen LogP contribution in [0.15, 0.2) is 0 Å². The number of amides is 1. The summed E-state index contributed by atoms with van der Waals surface area (Å²) in [6.07, 6.45) is 0. The number of nitrogens with zero attached hydrogens (tertiary/aromatic N) is 2. The largest absolute Gasteiger partial charge is 0.392 e. The lowest BCUT2D eigenvalue weighted by atomic mass is 9.91. The second-order valence-corrected chi connectivity index (χ2v) is 6.88. The monoisotopic (exact) mass is 271 g/mol. The lowest BCUT2D eigenvalue weighted by Gasteiger charge is -2.43. The van der Waals surface area contributed by atoms with Crippen molar-refractivity contribution in [2.24, 2.45) is 11.1 Å². The Morgan fingerprint density at radius 3 is 1.83 bits per heavy atom. The highest BCUT2D eigenvalue weighted by Gasteiger charge is 2.37. The molecule has 1 fully saturated rings. The molecule has 0 aromatic rings. The zero-order valence-electron chi connectivity index (χ0n) is 12.1. The lowest BCUT2D eigenvalue weighted by Crippen LogP contribution is -2.57. The van der Waals surface area contributed by atoms with Gasteiger partial charge in [0.25, 0.3) is 0 Å². The summed E-state index contributed by atoms with van der Waals surface area (Å²) in [6, 6.07) is 0. The molecular weight excluding hydrogens is 246 g/mol. The van der Waals surface area contributed by atoms with Gasteiger partial charge < -0.3 is 10.6 Å². The third-order valence-electron chi connectivity index (χ3n) is 3.67. The molecule has 1 aliphatic rings. The van der Waals surface area contributed by atoms with Crippen LogP contribution in [-0.2, 0) is 4.79 Å². The van der Waals surface area contributed by atoms with E-state index in [0.29, 0.717) is 0 Å². The lowest BCUT2D eigenvalue weighted by molar-refractivity contribution is -0.139. The average Bonchev–Trinajstić information content (AvgIpc) is 2.26. The minimum atomic E-state index is -0.737. The van der Waals surface area contributed by atoms with E-state index in [0.717, 1.165) is 26.2 Å². The molecule has 0 bridgehead atoms. The van der Waals surface area contributed by atoms with Crippen LogP contribution >= 0.6 is 12.2 Å². The van der Waals surface area contributed by atoms with E-state index < -0.39 is 5.41 Å². The fourth-order valence-electron chi connectivity index (χ4n) is 2.08. The van der Waals surface area contributed by atoms with Crippen molar-refractivity contribution in [2.45, 2.75) is 40.2 Å². The van der Waals surface area contributed by atoms with Crippen molar-refractivity contribution in [1.82, 2.24) is 9.80 Å². The Morgan fingerprint density at radius 2 is 1.50 bits per heavy atom. The standard InChI is InChI=1S/C13H25N3OS/c1-12(2,3)16-8-6-15(7-9-16)11(17)13(4,5)10(14)18/h6-9H2,1-5H3,(H2,14,18). The molecule has 2 N–H and O–H groups in total. The number of hydrogen-bond acceptors (Lipinski definition) is 3. The first-order valence-corrected chi connectivity index (χ1v) is 6.82.